The molecule has 110 valence electrons. The molecule has 0 radical (unpaired) electrons. The highest BCUT2D eigenvalue weighted by Crippen LogP contribution is 2.35. The minimum Gasteiger partial charge on any atom is -0.326 e. The summed E-state index contributed by atoms with van der Waals surface area (Å²) in [5, 5.41) is 6.64. The van der Waals surface area contributed by atoms with E-state index in [9.17, 15) is 4.79 Å². The maximum atomic E-state index is 11.2. The predicted molar refractivity (Wildman–Crippen MR) is 84.6 cm³/mol. The number of fused-ring (bicyclic) bond motifs is 1. The highest BCUT2D eigenvalue weighted by Gasteiger charge is 2.35. The number of halogens is 1. The first-order chi connectivity index (χ1) is 9.17. The molecule has 0 bridgehead atoms. The van der Waals surface area contributed by atoms with Gasteiger partial charge in [-0.1, -0.05) is 12.5 Å². The number of anilines is 1. The number of amides is 1. The van der Waals surface area contributed by atoms with Gasteiger partial charge in [-0.15, -0.1) is 12.4 Å². The van der Waals surface area contributed by atoms with Crippen molar-refractivity contribution in [3.05, 3.63) is 29.3 Å². The van der Waals surface area contributed by atoms with Gasteiger partial charge in [0, 0.05) is 18.2 Å². The van der Waals surface area contributed by atoms with E-state index >= 15 is 0 Å². The molecular weight excluding hydrogens is 272 g/mol. The van der Waals surface area contributed by atoms with Gasteiger partial charge < -0.3 is 10.6 Å². The van der Waals surface area contributed by atoms with Crippen molar-refractivity contribution in [2.75, 3.05) is 11.9 Å². The van der Waals surface area contributed by atoms with Crippen molar-refractivity contribution in [1.29, 1.82) is 0 Å². The third-order valence-corrected chi connectivity index (χ3v) is 4.51. The summed E-state index contributed by atoms with van der Waals surface area (Å²) in [5.41, 5.74) is 4.11. The van der Waals surface area contributed by atoms with Gasteiger partial charge in [-0.05, 0) is 61.9 Å². The van der Waals surface area contributed by atoms with Crippen LogP contribution in [0.2, 0.25) is 0 Å². The van der Waals surface area contributed by atoms with Crippen molar-refractivity contribution in [3.8, 4) is 0 Å². The Morgan fingerprint density at radius 2 is 2.10 bits per heavy atom. The van der Waals surface area contributed by atoms with Crippen LogP contribution in [0.1, 0.15) is 43.7 Å². The highest BCUT2D eigenvalue weighted by atomic mass is 35.5. The Bertz CT molecular complexity index is 495. The summed E-state index contributed by atoms with van der Waals surface area (Å²) in [6.45, 7) is 2.71. The normalized spacial score (nSPS) is 24.6. The molecule has 0 aromatic heterocycles. The molecule has 3 nitrogen and oxygen atoms in total. The number of carbonyl (C=O) groups excluding carboxylic acids is 1. The first kappa shape index (κ1) is 15.3. The standard InChI is InChI=1S/C16H22N2O.ClH/c1-12(19)18-15-5-4-13-6-8-16(11-14(13)10-15)7-2-3-9-17-16;/h4-5,10,17H,2-3,6-9,11H2,1H3,(H,18,19);1H. The molecule has 1 aromatic rings. The number of piperidine rings is 1. The second-order valence-electron chi connectivity index (χ2n) is 6.01. The zero-order chi connectivity index (χ0) is 13.3. The number of benzene rings is 1. The summed E-state index contributed by atoms with van der Waals surface area (Å²) in [6, 6.07) is 6.36. The van der Waals surface area contributed by atoms with Gasteiger partial charge in [0.2, 0.25) is 5.91 Å². The fourth-order valence-electron chi connectivity index (χ4n) is 3.54. The van der Waals surface area contributed by atoms with Crippen molar-refractivity contribution in [2.24, 2.45) is 0 Å². The Kier molecular flexibility index (Phi) is 4.71. The van der Waals surface area contributed by atoms with Gasteiger partial charge in [0.15, 0.2) is 0 Å². The average Bonchev–Trinajstić information content (AvgIpc) is 2.38. The van der Waals surface area contributed by atoms with Crippen LogP contribution in [0.3, 0.4) is 0 Å². The largest absolute Gasteiger partial charge is 0.326 e. The first-order valence-corrected chi connectivity index (χ1v) is 7.31. The maximum Gasteiger partial charge on any atom is 0.221 e. The lowest BCUT2D eigenvalue weighted by molar-refractivity contribution is -0.114. The summed E-state index contributed by atoms with van der Waals surface area (Å²) in [5.74, 6) is 0.00117. The number of nitrogens with one attached hydrogen (secondary N) is 2. The van der Waals surface area contributed by atoms with E-state index in [4.69, 9.17) is 0 Å². The maximum absolute atomic E-state index is 11.2. The van der Waals surface area contributed by atoms with Crippen LogP contribution in [0.25, 0.3) is 0 Å². The van der Waals surface area contributed by atoms with Gasteiger partial charge in [0.25, 0.3) is 0 Å². The topological polar surface area (TPSA) is 41.1 Å². The van der Waals surface area contributed by atoms with E-state index < -0.39 is 0 Å². The number of carbonyl (C=O) groups is 1. The minimum atomic E-state index is 0. The Balaban J connectivity index is 0.00000147. The summed E-state index contributed by atoms with van der Waals surface area (Å²) >= 11 is 0. The van der Waals surface area contributed by atoms with Crippen LogP contribution in [0.4, 0.5) is 5.69 Å². The van der Waals surface area contributed by atoms with Crippen LogP contribution in [0.15, 0.2) is 18.2 Å². The van der Waals surface area contributed by atoms with E-state index in [0.29, 0.717) is 5.54 Å². The molecule has 1 heterocycles. The Morgan fingerprint density at radius 3 is 2.80 bits per heavy atom. The van der Waals surface area contributed by atoms with E-state index in [0.717, 1.165) is 25.1 Å². The molecule has 1 aromatic carbocycles. The van der Waals surface area contributed by atoms with Crippen molar-refractivity contribution in [2.45, 2.75) is 51.0 Å². The third kappa shape index (κ3) is 3.15. The fraction of sp³-hybridized carbons (Fsp3) is 0.562. The molecule has 1 spiro atoms. The lowest BCUT2D eigenvalue weighted by atomic mass is 9.73. The molecule has 1 atom stereocenters. The summed E-state index contributed by atoms with van der Waals surface area (Å²) in [4.78, 5) is 11.2. The molecule has 1 saturated heterocycles. The van der Waals surface area contributed by atoms with Crippen LogP contribution in [-0.2, 0) is 17.6 Å². The van der Waals surface area contributed by atoms with Gasteiger partial charge in [-0.2, -0.15) is 0 Å². The predicted octanol–water partition coefficient (Wildman–Crippen LogP) is 3.07. The molecular formula is C16H23ClN2O. The molecule has 1 unspecified atom stereocenters. The molecule has 3 rings (SSSR count). The molecule has 4 heteroatoms. The summed E-state index contributed by atoms with van der Waals surface area (Å²) in [7, 11) is 0. The number of hydrogen-bond donors (Lipinski definition) is 2. The summed E-state index contributed by atoms with van der Waals surface area (Å²) in [6.07, 6.45) is 7.45. The molecule has 1 aliphatic heterocycles. The van der Waals surface area contributed by atoms with Crippen molar-refractivity contribution >= 4 is 24.0 Å². The molecule has 20 heavy (non-hydrogen) atoms. The van der Waals surface area contributed by atoms with Gasteiger partial charge in [0.05, 0.1) is 0 Å². The lowest BCUT2D eigenvalue weighted by Crippen LogP contribution is -2.52. The van der Waals surface area contributed by atoms with Crippen LogP contribution in [-0.4, -0.2) is 18.0 Å². The van der Waals surface area contributed by atoms with Gasteiger partial charge in [-0.3, -0.25) is 4.79 Å². The van der Waals surface area contributed by atoms with Crippen molar-refractivity contribution < 1.29 is 4.79 Å². The lowest BCUT2D eigenvalue weighted by Gasteiger charge is -2.42. The van der Waals surface area contributed by atoms with E-state index in [1.807, 2.05) is 6.07 Å². The third-order valence-electron chi connectivity index (χ3n) is 4.51. The molecule has 1 amide bonds. The van der Waals surface area contributed by atoms with Crippen LogP contribution in [0, 0.1) is 0 Å². The SMILES string of the molecule is CC(=O)Nc1ccc2c(c1)CC1(CCCCN1)CC2.Cl. The number of hydrogen-bond acceptors (Lipinski definition) is 2. The first-order valence-electron chi connectivity index (χ1n) is 7.31. The van der Waals surface area contributed by atoms with E-state index in [2.05, 4.69) is 22.8 Å². The van der Waals surface area contributed by atoms with Crippen LogP contribution in [0.5, 0.6) is 0 Å². The van der Waals surface area contributed by atoms with Crippen LogP contribution >= 0.6 is 12.4 Å². The second kappa shape index (κ2) is 6.15. The number of rotatable bonds is 1. The second-order valence-corrected chi connectivity index (χ2v) is 6.01. The molecule has 1 fully saturated rings. The molecule has 1 aliphatic carbocycles. The van der Waals surface area contributed by atoms with E-state index in [-0.39, 0.29) is 18.3 Å². The quantitative estimate of drug-likeness (QED) is 0.836. The average molecular weight is 295 g/mol. The van der Waals surface area contributed by atoms with Crippen molar-refractivity contribution in [1.82, 2.24) is 5.32 Å². The minimum absolute atomic E-state index is 0. The zero-order valence-electron chi connectivity index (χ0n) is 12.0. The van der Waals surface area contributed by atoms with Crippen molar-refractivity contribution in [3.63, 3.8) is 0 Å². The van der Waals surface area contributed by atoms with Gasteiger partial charge in [0.1, 0.15) is 0 Å². The van der Waals surface area contributed by atoms with Gasteiger partial charge in [-0.25, -0.2) is 0 Å². The molecule has 0 saturated carbocycles. The fourth-order valence-corrected chi connectivity index (χ4v) is 3.54. The highest BCUT2D eigenvalue weighted by molar-refractivity contribution is 5.88. The number of aryl methyl sites for hydroxylation is 1. The Labute approximate surface area is 126 Å². The smallest absolute Gasteiger partial charge is 0.221 e. The van der Waals surface area contributed by atoms with E-state index in [1.54, 1.807) is 6.92 Å². The zero-order valence-corrected chi connectivity index (χ0v) is 12.8. The summed E-state index contributed by atoms with van der Waals surface area (Å²) < 4.78 is 0. The monoisotopic (exact) mass is 294 g/mol. The molecule has 2 aliphatic rings. The van der Waals surface area contributed by atoms with Crippen LogP contribution < -0.4 is 10.6 Å². The van der Waals surface area contributed by atoms with Gasteiger partial charge >= 0.3 is 0 Å². The Hall–Kier alpha value is -1.06. The van der Waals surface area contributed by atoms with E-state index in [1.165, 1.54) is 36.8 Å². The molecule has 2 N–H and O–H groups in total. The Morgan fingerprint density at radius 1 is 1.25 bits per heavy atom.